The number of ether oxygens (including phenoxy) is 1. The molecule has 1 aliphatic heterocycles. The van der Waals surface area contributed by atoms with Crippen LogP contribution in [0, 0.1) is 0 Å². The average molecular weight is 446 g/mol. The highest BCUT2D eigenvalue weighted by molar-refractivity contribution is 6.31. The zero-order valence-corrected chi connectivity index (χ0v) is 18.8. The fourth-order valence-electron chi connectivity index (χ4n) is 4.16. The summed E-state index contributed by atoms with van der Waals surface area (Å²) in [6.45, 7) is 1.56. The van der Waals surface area contributed by atoms with Crippen molar-refractivity contribution in [1.82, 2.24) is 9.88 Å². The number of halogens is 1. The van der Waals surface area contributed by atoms with Crippen LogP contribution in [0.3, 0.4) is 0 Å². The molecule has 3 aromatic carbocycles. The van der Waals surface area contributed by atoms with Crippen LogP contribution in [0.1, 0.15) is 22.3 Å². The molecule has 6 heteroatoms. The second-order valence-corrected chi connectivity index (χ2v) is 8.76. The molecule has 0 aliphatic carbocycles. The number of hydrogen-bond donors (Lipinski definition) is 2. The van der Waals surface area contributed by atoms with Crippen molar-refractivity contribution in [2.75, 3.05) is 20.7 Å². The van der Waals surface area contributed by atoms with Gasteiger partial charge in [-0.2, -0.15) is 0 Å². The van der Waals surface area contributed by atoms with Gasteiger partial charge in [0.2, 0.25) is 0 Å². The van der Waals surface area contributed by atoms with Gasteiger partial charge in [0.1, 0.15) is 5.75 Å². The van der Waals surface area contributed by atoms with Crippen LogP contribution >= 0.6 is 11.6 Å². The number of aliphatic imine (C=N–C) groups is 1. The molecular formula is C26H24ClN3O2. The van der Waals surface area contributed by atoms with Gasteiger partial charge in [0.25, 0.3) is 0 Å². The van der Waals surface area contributed by atoms with Crippen LogP contribution in [0.4, 0.5) is 5.69 Å². The Morgan fingerprint density at radius 2 is 1.91 bits per heavy atom. The van der Waals surface area contributed by atoms with Crippen molar-refractivity contribution in [2.45, 2.75) is 13.0 Å². The third-order valence-electron chi connectivity index (χ3n) is 5.62. The van der Waals surface area contributed by atoms with Gasteiger partial charge in [-0.05, 0) is 67.7 Å². The Kier molecular flexibility index (Phi) is 5.37. The van der Waals surface area contributed by atoms with Crippen molar-refractivity contribution in [3.8, 4) is 11.6 Å². The molecule has 0 unspecified atom stereocenters. The summed E-state index contributed by atoms with van der Waals surface area (Å²) >= 11 is 6.17. The maximum atomic E-state index is 10.9. The second-order valence-electron chi connectivity index (χ2n) is 8.32. The maximum absolute atomic E-state index is 10.9. The fourth-order valence-corrected chi connectivity index (χ4v) is 4.34. The van der Waals surface area contributed by atoms with Gasteiger partial charge in [-0.3, -0.25) is 0 Å². The number of aromatic hydroxyl groups is 1. The van der Waals surface area contributed by atoms with Gasteiger partial charge in [-0.25, -0.2) is 4.99 Å². The molecule has 0 spiro atoms. The van der Waals surface area contributed by atoms with Crippen molar-refractivity contribution in [3.05, 3.63) is 87.9 Å². The molecule has 0 saturated carbocycles. The Morgan fingerprint density at radius 3 is 2.69 bits per heavy atom. The molecule has 4 aromatic rings. The van der Waals surface area contributed by atoms with E-state index in [0.29, 0.717) is 22.9 Å². The first kappa shape index (κ1) is 20.6. The largest absolute Gasteiger partial charge is 0.494 e. The molecule has 2 heterocycles. The van der Waals surface area contributed by atoms with E-state index in [4.69, 9.17) is 21.3 Å². The van der Waals surface area contributed by atoms with Gasteiger partial charge < -0.3 is 19.7 Å². The van der Waals surface area contributed by atoms with Gasteiger partial charge in [-0.15, -0.1) is 0 Å². The third-order valence-corrected chi connectivity index (χ3v) is 5.85. The highest BCUT2D eigenvalue weighted by Crippen LogP contribution is 2.34. The summed E-state index contributed by atoms with van der Waals surface area (Å²) in [6.07, 6.45) is 0.866. The summed E-state index contributed by atoms with van der Waals surface area (Å²) in [4.78, 5) is 10.2. The molecule has 0 amide bonds. The summed E-state index contributed by atoms with van der Waals surface area (Å²) in [6, 6.07) is 19.8. The van der Waals surface area contributed by atoms with Crippen LogP contribution in [-0.4, -0.2) is 41.4 Å². The fraction of sp³-hybridized carbons (Fsp3) is 0.192. The minimum Gasteiger partial charge on any atom is -0.494 e. The van der Waals surface area contributed by atoms with Crippen molar-refractivity contribution in [3.63, 3.8) is 0 Å². The Hall–Kier alpha value is -3.28. The van der Waals surface area contributed by atoms with E-state index >= 15 is 0 Å². The lowest BCUT2D eigenvalue weighted by Gasteiger charge is -2.11. The van der Waals surface area contributed by atoms with Crippen molar-refractivity contribution in [1.29, 1.82) is 0 Å². The van der Waals surface area contributed by atoms with E-state index in [1.165, 1.54) is 5.56 Å². The first-order valence-electron chi connectivity index (χ1n) is 10.6. The Balaban J connectivity index is 1.67. The Morgan fingerprint density at radius 1 is 1.09 bits per heavy atom. The van der Waals surface area contributed by atoms with Crippen LogP contribution in [0.2, 0.25) is 5.02 Å². The summed E-state index contributed by atoms with van der Waals surface area (Å²) in [5.41, 5.74) is 6.25. The lowest BCUT2D eigenvalue weighted by Crippen LogP contribution is -2.10. The third kappa shape index (κ3) is 3.97. The van der Waals surface area contributed by atoms with Gasteiger partial charge in [0, 0.05) is 28.9 Å². The first-order chi connectivity index (χ1) is 15.5. The number of rotatable bonds is 5. The van der Waals surface area contributed by atoms with Crippen molar-refractivity contribution >= 4 is 33.9 Å². The van der Waals surface area contributed by atoms with E-state index in [1.807, 2.05) is 56.6 Å². The zero-order valence-electron chi connectivity index (χ0n) is 18.0. The molecule has 0 radical (unpaired) electrons. The van der Waals surface area contributed by atoms with Crippen LogP contribution < -0.4 is 4.74 Å². The quantitative estimate of drug-likeness (QED) is 0.388. The molecular weight excluding hydrogens is 422 g/mol. The van der Waals surface area contributed by atoms with E-state index < -0.39 is 0 Å². The van der Waals surface area contributed by atoms with Gasteiger partial charge >= 0.3 is 0 Å². The number of benzene rings is 3. The molecule has 162 valence electrons. The standard InChI is InChI=1S/C26H24ClN3O2/c1-30(2)15-16-3-7-20(8-4-16)28-25(18-5-10-23-17(13-18)11-12-32-23)24-21-9-6-19(27)14-22(21)29-26(24)31/h3-10,13-14,29,31H,11-12,15H2,1-2H3. The van der Waals surface area contributed by atoms with Crippen LogP contribution in [-0.2, 0) is 13.0 Å². The predicted molar refractivity (Wildman–Crippen MR) is 130 cm³/mol. The van der Waals surface area contributed by atoms with E-state index in [9.17, 15) is 5.11 Å². The summed E-state index contributed by atoms with van der Waals surface area (Å²) < 4.78 is 5.68. The summed E-state index contributed by atoms with van der Waals surface area (Å²) in [5.74, 6) is 0.984. The molecule has 0 saturated heterocycles. The average Bonchev–Trinajstić information content (AvgIpc) is 3.35. The molecule has 1 aromatic heterocycles. The van der Waals surface area contributed by atoms with Gasteiger partial charge in [0.05, 0.1) is 29.1 Å². The number of nitrogens with zero attached hydrogens (tertiary/aromatic N) is 2. The molecule has 32 heavy (non-hydrogen) atoms. The maximum Gasteiger partial charge on any atom is 0.199 e. The summed E-state index contributed by atoms with van der Waals surface area (Å²) in [7, 11) is 4.10. The smallest absolute Gasteiger partial charge is 0.199 e. The van der Waals surface area contributed by atoms with E-state index in [2.05, 4.69) is 28.1 Å². The molecule has 5 rings (SSSR count). The number of hydrogen-bond acceptors (Lipinski definition) is 4. The molecule has 2 N–H and O–H groups in total. The number of aromatic nitrogens is 1. The van der Waals surface area contributed by atoms with Crippen molar-refractivity contribution in [2.24, 2.45) is 4.99 Å². The number of H-pyrrole nitrogens is 1. The lowest BCUT2D eigenvalue weighted by atomic mass is 9.98. The molecule has 0 fully saturated rings. The minimum atomic E-state index is 0.0713. The highest BCUT2D eigenvalue weighted by Gasteiger charge is 2.21. The zero-order chi connectivity index (χ0) is 22.2. The molecule has 5 nitrogen and oxygen atoms in total. The highest BCUT2D eigenvalue weighted by atomic mass is 35.5. The van der Waals surface area contributed by atoms with Crippen LogP contribution in [0.25, 0.3) is 10.9 Å². The van der Waals surface area contributed by atoms with Crippen molar-refractivity contribution < 1.29 is 9.84 Å². The van der Waals surface area contributed by atoms with E-state index in [1.54, 1.807) is 0 Å². The van der Waals surface area contributed by atoms with Gasteiger partial charge in [-0.1, -0.05) is 29.8 Å². The van der Waals surface area contributed by atoms with Gasteiger partial charge in [0.15, 0.2) is 5.88 Å². The van der Waals surface area contributed by atoms with Crippen LogP contribution in [0.15, 0.2) is 65.7 Å². The lowest BCUT2D eigenvalue weighted by molar-refractivity contribution is 0.357. The molecule has 0 bridgehead atoms. The van der Waals surface area contributed by atoms with E-state index in [-0.39, 0.29) is 5.88 Å². The molecule has 1 aliphatic rings. The summed E-state index contributed by atoms with van der Waals surface area (Å²) in [5, 5.41) is 12.3. The van der Waals surface area contributed by atoms with Crippen LogP contribution in [0.5, 0.6) is 11.6 Å². The topological polar surface area (TPSA) is 60.9 Å². The number of aromatic amines is 1. The second kappa shape index (κ2) is 8.34. The first-order valence-corrected chi connectivity index (χ1v) is 10.9. The minimum absolute atomic E-state index is 0.0713. The van der Waals surface area contributed by atoms with E-state index in [0.717, 1.165) is 46.4 Å². The Labute approximate surface area is 191 Å². The Bertz CT molecular complexity index is 1320. The number of fused-ring (bicyclic) bond motifs is 2. The normalized spacial score (nSPS) is 13.6. The molecule has 0 atom stereocenters. The SMILES string of the molecule is CN(C)Cc1ccc(N=C(c2ccc3c(c2)CCO3)c2c(O)[nH]c3cc(Cl)ccc23)cc1. The number of nitrogens with one attached hydrogen (secondary N) is 1. The monoisotopic (exact) mass is 445 g/mol. The predicted octanol–water partition coefficient (Wildman–Crippen LogP) is 5.69.